The maximum atomic E-state index is 12.6. The first-order valence-corrected chi connectivity index (χ1v) is 12.0. The molecule has 4 heteroatoms. The molecule has 2 rings (SSSR count). The van der Waals surface area contributed by atoms with Gasteiger partial charge in [-0.2, -0.15) is 5.10 Å². The zero-order chi connectivity index (χ0) is 20.2. The molecule has 0 N–H and O–H groups in total. The highest BCUT2D eigenvalue weighted by Crippen LogP contribution is 2.23. The molecular formula is C24H43N3O. The Morgan fingerprint density at radius 3 is 2.54 bits per heavy atom. The predicted molar refractivity (Wildman–Crippen MR) is 118 cm³/mol. The lowest BCUT2D eigenvalue weighted by molar-refractivity contribution is -0.123. The average Bonchev–Trinajstić information content (AvgIpc) is 3.21. The van der Waals surface area contributed by atoms with Crippen LogP contribution in [0.15, 0.2) is 12.4 Å². The number of carbonyl (C=O) groups excluding carboxylic acids is 1. The minimum Gasteiger partial charge on any atom is -0.301 e. The highest BCUT2D eigenvalue weighted by molar-refractivity contribution is 5.80. The van der Waals surface area contributed by atoms with E-state index < -0.39 is 0 Å². The number of unbranched alkanes of at least 4 members (excludes halogenated alkanes) is 3. The molecule has 0 aromatic carbocycles. The molecule has 0 amide bonds. The second-order valence-electron chi connectivity index (χ2n) is 8.68. The monoisotopic (exact) mass is 389 g/mol. The predicted octanol–water partition coefficient (Wildman–Crippen LogP) is 5.82. The Hall–Kier alpha value is -1.16. The normalized spacial score (nSPS) is 18.1. The maximum Gasteiger partial charge on any atom is 0.135 e. The van der Waals surface area contributed by atoms with Crippen molar-refractivity contribution < 1.29 is 4.79 Å². The van der Waals surface area contributed by atoms with Crippen LogP contribution in [0.1, 0.15) is 103 Å². The number of nitrogens with zero attached hydrogens (tertiary/aromatic N) is 3. The molecule has 1 aliphatic heterocycles. The van der Waals surface area contributed by atoms with Crippen molar-refractivity contribution in [2.75, 3.05) is 19.6 Å². The molecule has 0 aliphatic carbocycles. The van der Waals surface area contributed by atoms with Crippen LogP contribution < -0.4 is 0 Å². The van der Waals surface area contributed by atoms with E-state index in [0.717, 1.165) is 51.6 Å². The minimum atomic E-state index is 0.326. The third kappa shape index (κ3) is 7.69. The van der Waals surface area contributed by atoms with Gasteiger partial charge in [-0.3, -0.25) is 9.48 Å². The second kappa shape index (κ2) is 13.1. The summed E-state index contributed by atoms with van der Waals surface area (Å²) in [7, 11) is 0. The third-order valence-electron chi connectivity index (χ3n) is 6.33. The molecule has 0 bridgehead atoms. The molecule has 1 fully saturated rings. The van der Waals surface area contributed by atoms with Crippen molar-refractivity contribution in [3.8, 4) is 0 Å². The summed E-state index contributed by atoms with van der Waals surface area (Å²) < 4.78 is 2.18. The Balaban J connectivity index is 1.69. The number of hydrogen-bond donors (Lipinski definition) is 0. The number of aromatic nitrogens is 2. The molecule has 1 saturated heterocycles. The first-order chi connectivity index (χ1) is 13.7. The molecule has 0 saturated carbocycles. The lowest BCUT2D eigenvalue weighted by atomic mass is 9.89. The molecule has 160 valence electrons. The zero-order valence-electron chi connectivity index (χ0n) is 18.7. The molecule has 28 heavy (non-hydrogen) atoms. The molecular weight excluding hydrogens is 346 g/mol. The van der Waals surface area contributed by atoms with Crippen molar-refractivity contribution >= 4 is 5.78 Å². The third-order valence-corrected chi connectivity index (χ3v) is 6.33. The molecule has 1 atom stereocenters. The molecule has 0 radical (unpaired) electrons. The van der Waals surface area contributed by atoms with Crippen molar-refractivity contribution in [3.63, 3.8) is 0 Å². The summed E-state index contributed by atoms with van der Waals surface area (Å²) in [4.78, 5) is 15.2. The van der Waals surface area contributed by atoms with Crippen LogP contribution in [0.5, 0.6) is 0 Å². The summed E-state index contributed by atoms with van der Waals surface area (Å²) in [5.41, 5.74) is 1.33. The number of aryl methyl sites for hydroxylation is 1. The Kier molecular flexibility index (Phi) is 10.8. The van der Waals surface area contributed by atoms with Gasteiger partial charge in [0.15, 0.2) is 0 Å². The molecule has 1 aromatic heterocycles. The molecule has 1 aliphatic rings. The number of rotatable bonds is 14. The number of piperidine rings is 1. The summed E-state index contributed by atoms with van der Waals surface area (Å²) >= 11 is 0. The van der Waals surface area contributed by atoms with E-state index in [9.17, 15) is 4.79 Å². The molecule has 1 aromatic rings. The maximum absolute atomic E-state index is 12.6. The van der Waals surface area contributed by atoms with Gasteiger partial charge in [-0.1, -0.05) is 46.5 Å². The first kappa shape index (κ1) is 23.1. The quantitative estimate of drug-likeness (QED) is 0.376. The number of likely N-dealkylation sites (tertiary alicyclic amines) is 1. The Bertz CT molecular complexity index is 546. The van der Waals surface area contributed by atoms with Crippen molar-refractivity contribution in [2.24, 2.45) is 5.92 Å². The Labute approximate surface area is 173 Å². The van der Waals surface area contributed by atoms with Gasteiger partial charge in [0, 0.05) is 25.1 Å². The highest BCUT2D eigenvalue weighted by atomic mass is 16.1. The van der Waals surface area contributed by atoms with Gasteiger partial charge < -0.3 is 4.90 Å². The van der Waals surface area contributed by atoms with Gasteiger partial charge in [0.05, 0.1) is 12.2 Å². The largest absolute Gasteiger partial charge is 0.301 e. The standard InChI is InChI=1S/C24H43N3O/c1-4-7-12-22(13-8-5-2)24(28)15-9-10-16-26-17-11-14-23(20-26)27-19-21(6-3)18-25-27/h18-19,22-23H,4-17,20H2,1-3H3. The highest BCUT2D eigenvalue weighted by Gasteiger charge is 2.22. The van der Waals surface area contributed by atoms with E-state index in [0.29, 0.717) is 17.7 Å². The summed E-state index contributed by atoms with van der Waals surface area (Å²) in [5, 5.41) is 4.58. The van der Waals surface area contributed by atoms with Crippen LogP contribution in [0, 0.1) is 5.92 Å². The fraction of sp³-hybridized carbons (Fsp3) is 0.833. The number of hydrogen-bond acceptors (Lipinski definition) is 3. The lowest BCUT2D eigenvalue weighted by Crippen LogP contribution is -2.37. The van der Waals surface area contributed by atoms with Gasteiger partial charge in [-0.15, -0.1) is 0 Å². The topological polar surface area (TPSA) is 38.1 Å². The number of Topliss-reactive ketones (excluding diaryl/α,β-unsaturated/α-hetero) is 1. The summed E-state index contributed by atoms with van der Waals surface area (Å²) in [6.07, 6.45) is 17.8. The summed E-state index contributed by atoms with van der Waals surface area (Å²) in [5.74, 6) is 0.855. The average molecular weight is 390 g/mol. The van der Waals surface area contributed by atoms with Gasteiger partial charge in [-0.05, 0) is 63.6 Å². The molecule has 0 spiro atoms. The Morgan fingerprint density at radius 2 is 1.89 bits per heavy atom. The fourth-order valence-electron chi connectivity index (χ4n) is 4.42. The fourth-order valence-corrected chi connectivity index (χ4v) is 4.42. The van der Waals surface area contributed by atoms with Crippen molar-refractivity contribution in [2.45, 2.75) is 104 Å². The second-order valence-corrected chi connectivity index (χ2v) is 8.68. The van der Waals surface area contributed by atoms with E-state index in [2.05, 4.69) is 41.6 Å². The molecule has 4 nitrogen and oxygen atoms in total. The summed E-state index contributed by atoms with van der Waals surface area (Å²) in [6, 6.07) is 0.517. The van der Waals surface area contributed by atoms with Crippen LogP contribution in [0.2, 0.25) is 0 Å². The van der Waals surface area contributed by atoms with Gasteiger partial charge in [0.2, 0.25) is 0 Å². The smallest absolute Gasteiger partial charge is 0.135 e. The van der Waals surface area contributed by atoms with E-state index in [1.165, 1.54) is 50.6 Å². The summed E-state index contributed by atoms with van der Waals surface area (Å²) in [6.45, 7) is 10.1. The van der Waals surface area contributed by atoms with E-state index in [-0.39, 0.29) is 0 Å². The van der Waals surface area contributed by atoms with Crippen LogP contribution in [0.4, 0.5) is 0 Å². The van der Waals surface area contributed by atoms with Crippen LogP contribution in [-0.2, 0) is 11.2 Å². The van der Waals surface area contributed by atoms with Crippen LogP contribution in [-0.4, -0.2) is 40.1 Å². The van der Waals surface area contributed by atoms with Crippen LogP contribution in [0.25, 0.3) is 0 Å². The van der Waals surface area contributed by atoms with Gasteiger partial charge in [-0.25, -0.2) is 0 Å². The van der Waals surface area contributed by atoms with Crippen LogP contribution >= 0.6 is 0 Å². The number of ketones is 1. The number of carbonyl (C=O) groups is 1. The van der Waals surface area contributed by atoms with Gasteiger partial charge >= 0.3 is 0 Å². The zero-order valence-corrected chi connectivity index (χ0v) is 18.7. The van der Waals surface area contributed by atoms with Crippen molar-refractivity contribution in [1.82, 2.24) is 14.7 Å². The van der Waals surface area contributed by atoms with Crippen LogP contribution in [0.3, 0.4) is 0 Å². The van der Waals surface area contributed by atoms with E-state index in [1.807, 2.05) is 6.20 Å². The van der Waals surface area contributed by atoms with Crippen molar-refractivity contribution in [1.29, 1.82) is 0 Å². The SMILES string of the molecule is CCCCC(CCCC)C(=O)CCCCN1CCCC(n2cc(CC)cn2)C1. The molecule has 1 unspecified atom stereocenters. The van der Waals surface area contributed by atoms with E-state index in [1.54, 1.807) is 0 Å². The first-order valence-electron chi connectivity index (χ1n) is 12.0. The molecule has 2 heterocycles. The minimum absolute atomic E-state index is 0.326. The van der Waals surface area contributed by atoms with Gasteiger partial charge in [0.25, 0.3) is 0 Å². The van der Waals surface area contributed by atoms with E-state index in [4.69, 9.17) is 0 Å². The Morgan fingerprint density at radius 1 is 1.14 bits per heavy atom. The lowest BCUT2D eigenvalue weighted by Gasteiger charge is -2.32. The van der Waals surface area contributed by atoms with Crippen molar-refractivity contribution in [3.05, 3.63) is 18.0 Å². The van der Waals surface area contributed by atoms with Gasteiger partial charge in [0.1, 0.15) is 5.78 Å². The van der Waals surface area contributed by atoms with E-state index >= 15 is 0 Å².